The Hall–Kier alpha value is -2.09. The smallest absolute Gasteiger partial charge is 0.234 e. The molecule has 1 saturated carbocycles. The Morgan fingerprint density at radius 1 is 1.32 bits per heavy atom. The minimum Gasteiger partial charge on any atom is -0.492 e. The number of hydrogen-bond acceptors (Lipinski definition) is 6. The van der Waals surface area contributed by atoms with Crippen molar-refractivity contribution < 1.29 is 9.53 Å². The molecular weight excluding hydrogens is 338 g/mol. The van der Waals surface area contributed by atoms with Crippen molar-refractivity contribution in [1.29, 1.82) is 0 Å². The van der Waals surface area contributed by atoms with Crippen LogP contribution in [0.2, 0.25) is 0 Å². The maximum absolute atomic E-state index is 12.3. The summed E-state index contributed by atoms with van der Waals surface area (Å²) in [5, 5.41) is 15.6. The number of thioether (sulfide) groups is 1. The minimum atomic E-state index is -0.102. The number of aromatic nitrogens is 4. The zero-order valence-electron chi connectivity index (χ0n) is 14.4. The third-order valence-electron chi connectivity index (χ3n) is 4.18. The van der Waals surface area contributed by atoms with E-state index >= 15 is 0 Å². The van der Waals surface area contributed by atoms with Crippen LogP contribution in [0.1, 0.15) is 45.1 Å². The van der Waals surface area contributed by atoms with E-state index < -0.39 is 0 Å². The second-order valence-corrected chi connectivity index (χ2v) is 6.91. The van der Waals surface area contributed by atoms with Crippen LogP contribution in [0.25, 0.3) is 0 Å². The summed E-state index contributed by atoms with van der Waals surface area (Å²) in [5.74, 6) is 0.832. The number of tetrazole rings is 1. The molecule has 1 aromatic carbocycles. The number of para-hydroxylation sites is 2. The molecule has 8 heteroatoms. The standard InChI is InChI=1S/C17H23N5O2S/c1-2-24-15-11-7-6-10-14(15)18-16(23)12-25-17-19-20-21-22(17)13-8-4-3-5-9-13/h6-7,10-11,13H,2-5,8-9,12H2,1H3,(H,18,23). The fourth-order valence-corrected chi connectivity index (χ4v) is 3.75. The van der Waals surface area contributed by atoms with Gasteiger partial charge in [-0.25, -0.2) is 4.68 Å². The van der Waals surface area contributed by atoms with Gasteiger partial charge in [0.15, 0.2) is 0 Å². The average Bonchev–Trinajstić information content (AvgIpc) is 3.11. The van der Waals surface area contributed by atoms with Crippen molar-refractivity contribution in [3.05, 3.63) is 24.3 Å². The topological polar surface area (TPSA) is 81.9 Å². The van der Waals surface area contributed by atoms with Crippen molar-refractivity contribution in [2.75, 3.05) is 17.7 Å². The summed E-state index contributed by atoms with van der Waals surface area (Å²) < 4.78 is 7.41. The molecule has 0 atom stereocenters. The lowest BCUT2D eigenvalue weighted by Crippen LogP contribution is -2.18. The fraction of sp³-hybridized carbons (Fsp3) is 0.529. The van der Waals surface area contributed by atoms with Crippen LogP contribution in [0.15, 0.2) is 29.4 Å². The summed E-state index contributed by atoms with van der Waals surface area (Å²) in [4.78, 5) is 12.3. The number of nitrogens with one attached hydrogen (secondary N) is 1. The molecule has 1 fully saturated rings. The van der Waals surface area contributed by atoms with Crippen molar-refractivity contribution in [2.45, 2.75) is 50.2 Å². The van der Waals surface area contributed by atoms with Crippen LogP contribution in [0.3, 0.4) is 0 Å². The number of anilines is 1. The van der Waals surface area contributed by atoms with Crippen LogP contribution in [-0.2, 0) is 4.79 Å². The molecule has 0 radical (unpaired) electrons. The first-order valence-corrected chi connectivity index (χ1v) is 9.69. The molecule has 3 rings (SSSR count). The number of carbonyl (C=O) groups is 1. The van der Waals surface area contributed by atoms with Crippen LogP contribution in [0, 0.1) is 0 Å². The predicted molar refractivity (Wildman–Crippen MR) is 96.9 cm³/mol. The van der Waals surface area contributed by atoms with E-state index in [1.165, 1.54) is 31.0 Å². The highest BCUT2D eigenvalue weighted by atomic mass is 32.2. The zero-order valence-corrected chi connectivity index (χ0v) is 15.2. The Kier molecular flexibility index (Phi) is 6.27. The molecule has 1 heterocycles. The first-order chi connectivity index (χ1) is 12.3. The predicted octanol–water partition coefficient (Wildman–Crippen LogP) is 3.31. The SMILES string of the molecule is CCOc1ccccc1NC(=O)CSc1nnnn1C1CCCCC1. The van der Waals surface area contributed by atoms with Crippen LogP contribution in [0.4, 0.5) is 5.69 Å². The monoisotopic (exact) mass is 361 g/mol. The second-order valence-electron chi connectivity index (χ2n) is 5.96. The van der Waals surface area contributed by atoms with Gasteiger partial charge in [0.1, 0.15) is 5.75 Å². The molecule has 0 bridgehead atoms. The largest absolute Gasteiger partial charge is 0.492 e. The van der Waals surface area contributed by atoms with E-state index in [1.54, 1.807) is 0 Å². The first-order valence-electron chi connectivity index (χ1n) is 8.70. The molecule has 1 aliphatic carbocycles. The Labute approximate surface area is 151 Å². The normalized spacial score (nSPS) is 15.1. The molecule has 1 amide bonds. The average molecular weight is 361 g/mol. The fourth-order valence-electron chi connectivity index (χ4n) is 3.00. The summed E-state index contributed by atoms with van der Waals surface area (Å²) in [6.07, 6.45) is 5.91. The van der Waals surface area contributed by atoms with E-state index in [0.717, 1.165) is 12.8 Å². The van der Waals surface area contributed by atoms with Gasteiger partial charge < -0.3 is 10.1 Å². The van der Waals surface area contributed by atoms with Crippen molar-refractivity contribution in [3.63, 3.8) is 0 Å². The van der Waals surface area contributed by atoms with E-state index in [9.17, 15) is 4.79 Å². The Bertz CT molecular complexity index is 700. The molecule has 0 aliphatic heterocycles. The van der Waals surface area contributed by atoms with E-state index in [2.05, 4.69) is 20.8 Å². The van der Waals surface area contributed by atoms with Crippen LogP contribution in [0.5, 0.6) is 5.75 Å². The number of hydrogen-bond donors (Lipinski definition) is 1. The number of ether oxygens (including phenoxy) is 1. The molecule has 1 N–H and O–H groups in total. The lowest BCUT2D eigenvalue weighted by atomic mass is 9.96. The zero-order chi connectivity index (χ0) is 17.5. The molecule has 1 aliphatic rings. The number of nitrogens with zero attached hydrogens (tertiary/aromatic N) is 4. The van der Waals surface area contributed by atoms with Gasteiger partial charge in [0.25, 0.3) is 0 Å². The van der Waals surface area contributed by atoms with Crippen molar-refractivity contribution in [2.24, 2.45) is 0 Å². The van der Waals surface area contributed by atoms with Gasteiger partial charge in [0.05, 0.1) is 24.1 Å². The molecule has 0 saturated heterocycles. The van der Waals surface area contributed by atoms with Gasteiger partial charge >= 0.3 is 0 Å². The lowest BCUT2D eigenvalue weighted by molar-refractivity contribution is -0.113. The van der Waals surface area contributed by atoms with Gasteiger partial charge in [0, 0.05) is 0 Å². The lowest BCUT2D eigenvalue weighted by Gasteiger charge is -2.21. The van der Waals surface area contributed by atoms with Gasteiger partial charge in [0.2, 0.25) is 11.1 Å². The quantitative estimate of drug-likeness (QED) is 0.762. The number of amides is 1. The van der Waals surface area contributed by atoms with Crippen molar-refractivity contribution in [1.82, 2.24) is 20.2 Å². The van der Waals surface area contributed by atoms with Gasteiger partial charge in [-0.3, -0.25) is 4.79 Å². The number of benzene rings is 1. The van der Waals surface area contributed by atoms with E-state index in [1.807, 2.05) is 35.9 Å². The van der Waals surface area contributed by atoms with Gasteiger partial charge in [-0.15, -0.1) is 5.10 Å². The Morgan fingerprint density at radius 2 is 2.12 bits per heavy atom. The van der Waals surface area contributed by atoms with Gasteiger partial charge in [-0.05, 0) is 42.3 Å². The summed E-state index contributed by atoms with van der Waals surface area (Å²) in [5.41, 5.74) is 0.682. The first kappa shape index (κ1) is 17.7. The Balaban J connectivity index is 1.57. The summed E-state index contributed by atoms with van der Waals surface area (Å²) in [6.45, 7) is 2.47. The summed E-state index contributed by atoms with van der Waals surface area (Å²) in [6, 6.07) is 7.78. The van der Waals surface area contributed by atoms with Crippen LogP contribution >= 0.6 is 11.8 Å². The third kappa shape index (κ3) is 4.72. The van der Waals surface area contributed by atoms with Crippen LogP contribution in [-0.4, -0.2) is 38.5 Å². The Morgan fingerprint density at radius 3 is 2.92 bits per heavy atom. The number of carbonyl (C=O) groups excluding carboxylic acids is 1. The summed E-state index contributed by atoms with van der Waals surface area (Å²) in [7, 11) is 0. The molecular formula is C17H23N5O2S. The maximum atomic E-state index is 12.3. The van der Waals surface area contributed by atoms with Crippen molar-refractivity contribution >= 4 is 23.4 Å². The highest BCUT2D eigenvalue weighted by Crippen LogP contribution is 2.30. The molecule has 134 valence electrons. The van der Waals surface area contributed by atoms with Gasteiger partial charge in [-0.1, -0.05) is 43.2 Å². The highest BCUT2D eigenvalue weighted by molar-refractivity contribution is 7.99. The van der Waals surface area contributed by atoms with E-state index in [4.69, 9.17) is 4.74 Å². The molecule has 7 nitrogen and oxygen atoms in total. The molecule has 0 unspecified atom stereocenters. The highest BCUT2D eigenvalue weighted by Gasteiger charge is 2.21. The van der Waals surface area contributed by atoms with E-state index in [0.29, 0.717) is 29.2 Å². The molecule has 1 aromatic heterocycles. The molecule has 2 aromatic rings. The second kappa shape index (κ2) is 8.84. The third-order valence-corrected chi connectivity index (χ3v) is 5.11. The maximum Gasteiger partial charge on any atom is 0.234 e. The minimum absolute atomic E-state index is 0.102. The molecule has 25 heavy (non-hydrogen) atoms. The number of rotatable bonds is 7. The van der Waals surface area contributed by atoms with E-state index in [-0.39, 0.29) is 11.7 Å². The van der Waals surface area contributed by atoms with Crippen molar-refractivity contribution in [3.8, 4) is 5.75 Å². The summed E-state index contributed by atoms with van der Waals surface area (Å²) >= 11 is 1.37. The van der Waals surface area contributed by atoms with Crippen LogP contribution < -0.4 is 10.1 Å². The molecule has 0 spiro atoms. The van der Waals surface area contributed by atoms with Gasteiger partial charge in [-0.2, -0.15) is 0 Å².